The highest BCUT2D eigenvalue weighted by Crippen LogP contribution is 2.34. The third-order valence-corrected chi connectivity index (χ3v) is 6.13. The van der Waals surface area contributed by atoms with E-state index in [1.165, 1.54) is 18.0 Å². The summed E-state index contributed by atoms with van der Waals surface area (Å²) >= 11 is 1.51. The molecule has 124 valence electrons. The zero-order valence-corrected chi connectivity index (χ0v) is 14.9. The molecule has 0 aliphatic carbocycles. The Kier molecular flexibility index (Phi) is 4.64. The van der Waals surface area contributed by atoms with E-state index in [0.717, 1.165) is 9.79 Å². The van der Waals surface area contributed by atoms with E-state index in [9.17, 15) is 8.42 Å². The Balaban J connectivity index is 1.92. The van der Waals surface area contributed by atoms with Gasteiger partial charge in [0.05, 0.1) is 17.6 Å². The molecule has 0 bridgehead atoms. The van der Waals surface area contributed by atoms with Crippen LogP contribution in [0.4, 0.5) is 5.69 Å². The smallest absolute Gasteiger partial charge is 0.265 e. The molecule has 3 rings (SSSR count). The van der Waals surface area contributed by atoms with Crippen molar-refractivity contribution in [2.45, 2.75) is 21.6 Å². The van der Waals surface area contributed by atoms with Crippen LogP contribution in [0.25, 0.3) is 0 Å². The molecule has 0 atom stereocenters. The molecule has 7 heteroatoms. The predicted molar refractivity (Wildman–Crippen MR) is 95.8 cm³/mol. The molecule has 5 nitrogen and oxygen atoms in total. The van der Waals surface area contributed by atoms with E-state index in [1.54, 1.807) is 24.7 Å². The Morgan fingerprint density at radius 3 is 2.38 bits per heavy atom. The number of nitrogens with one attached hydrogen (secondary N) is 1. The second kappa shape index (κ2) is 6.70. The molecule has 24 heavy (non-hydrogen) atoms. The van der Waals surface area contributed by atoms with Crippen LogP contribution in [0.1, 0.15) is 5.69 Å². The van der Waals surface area contributed by atoms with Gasteiger partial charge >= 0.3 is 0 Å². The van der Waals surface area contributed by atoms with Crippen molar-refractivity contribution in [2.24, 2.45) is 7.05 Å². The molecule has 3 aromatic rings. The van der Waals surface area contributed by atoms with Gasteiger partial charge in [0, 0.05) is 16.8 Å². The lowest BCUT2D eigenvalue weighted by molar-refractivity contribution is 0.600. The topological polar surface area (TPSA) is 64.0 Å². The Labute approximate surface area is 145 Å². The zero-order chi connectivity index (χ0) is 17.2. The minimum atomic E-state index is -3.68. The molecular formula is C17H17N3O2S2. The second-order valence-corrected chi connectivity index (χ2v) is 8.00. The first kappa shape index (κ1) is 16.6. The van der Waals surface area contributed by atoms with Crippen molar-refractivity contribution in [1.82, 2.24) is 9.78 Å². The Morgan fingerprint density at radius 2 is 1.71 bits per heavy atom. The van der Waals surface area contributed by atoms with Crippen LogP contribution in [0.15, 0.2) is 75.5 Å². The van der Waals surface area contributed by atoms with E-state index >= 15 is 0 Å². The summed E-state index contributed by atoms with van der Waals surface area (Å²) in [4.78, 5) is 2.07. The molecular weight excluding hydrogens is 342 g/mol. The van der Waals surface area contributed by atoms with Crippen molar-refractivity contribution in [3.8, 4) is 0 Å². The van der Waals surface area contributed by atoms with Gasteiger partial charge in [0.1, 0.15) is 4.90 Å². The van der Waals surface area contributed by atoms with Crippen LogP contribution < -0.4 is 4.72 Å². The highest BCUT2D eigenvalue weighted by atomic mass is 32.2. The van der Waals surface area contributed by atoms with Crippen LogP contribution in [-0.2, 0) is 17.1 Å². The van der Waals surface area contributed by atoms with Gasteiger partial charge in [0.25, 0.3) is 10.0 Å². The minimum Gasteiger partial charge on any atom is -0.278 e. The van der Waals surface area contributed by atoms with Crippen molar-refractivity contribution in [3.05, 3.63) is 66.5 Å². The molecule has 0 saturated carbocycles. The van der Waals surface area contributed by atoms with Gasteiger partial charge in [0.15, 0.2) is 0 Å². The molecule has 0 radical (unpaired) electrons. The van der Waals surface area contributed by atoms with Gasteiger partial charge in [-0.1, -0.05) is 42.1 Å². The number of benzene rings is 2. The molecule has 0 saturated heterocycles. The van der Waals surface area contributed by atoms with Gasteiger partial charge in [-0.25, -0.2) is 8.42 Å². The normalized spacial score (nSPS) is 11.4. The fraction of sp³-hybridized carbons (Fsp3) is 0.118. The zero-order valence-electron chi connectivity index (χ0n) is 13.3. The number of hydrogen-bond acceptors (Lipinski definition) is 4. The van der Waals surface area contributed by atoms with Crippen LogP contribution in [-0.4, -0.2) is 18.2 Å². The summed E-state index contributed by atoms with van der Waals surface area (Å²) in [5.74, 6) is 0. The first-order valence-corrected chi connectivity index (χ1v) is 9.61. The lowest BCUT2D eigenvalue weighted by Gasteiger charge is -2.12. The number of rotatable bonds is 5. The largest absolute Gasteiger partial charge is 0.278 e. The number of sulfonamides is 1. The summed E-state index contributed by atoms with van der Waals surface area (Å²) in [7, 11) is -1.97. The van der Waals surface area contributed by atoms with Crippen LogP contribution in [0.5, 0.6) is 0 Å². The summed E-state index contributed by atoms with van der Waals surface area (Å²) in [5.41, 5.74) is 1.14. The van der Waals surface area contributed by atoms with Gasteiger partial charge < -0.3 is 0 Å². The summed E-state index contributed by atoms with van der Waals surface area (Å²) in [6.45, 7) is 1.73. The fourth-order valence-electron chi connectivity index (χ4n) is 2.20. The Hall–Kier alpha value is -2.25. The molecule has 0 spiro atoms. The van der Waals surface area contributed by atoms with Crippen LogP contribution in [0.3, 0.4) is 0 Å². The van der Waals surface area contributed by atoms with E-state index in [4.69, 9.17) is 0 Å². The van der Waals surface area contributed by atoms with Crippen molar-refractivity contribution in [1.29, 1.82) is 0 Å². The molecule has 0 unspecified atom stereocenters. The highest BCUT2D eigenvalue weighted by Gasteiger charge is 2.21. The Morgan fingerprint density at radius 1 is 1.04 bits per heavy atom. The lowest BCUT2D eigenvalue weighted by Crippen LogP contribution is -2.14. The number of aryl methyl sites for hydroxylation is 1. The quantitative estimate of drug-likeness (QED) is 0.755. The van der Waals surface area contributed by atoms with Crippen molar-refractivity contribution < 1.29 is 8.42 Å². The highest BCUT2D eigenvalue weighted by molar-refractivity contribution is 7.99. The predicted octanol–water partition coefficient (Wildman–Crippen LogP) is 3.68. The minimum absolute atomic E-state index is 0.185. The molecule has 0 fully saturated rings. The van der Waals surface area contributed by atoms with Gasteiger partial charge in [-0.15, -0.1) is 0 Å². The van der Waals surface area contributed by atoms with Crippen molar-refractivity contribution >= 4 is 27.5 Å². The first-order chi connectivity index (χ1) is 11.5. The molecule has 0 amide bonds. The van der Waals surface area contributed by atoms with Gasteiger partial charge in [-0.05, 0) is 31.2 Å². The van der Waals surface area contributed by atoms with E-state index in [0.29, 0.717) is 11.4 Å². The van der Waals surface area contributed by atoms with Crippen molar-refractivity contribution in [3.63, 3.8) is 0 Å². The van der Waals surface area contributed by atoms with Gasteiger partial charge in [-0.3, -0.25) is 9.40 Å². The van der Waals surface area contributed by atoms with E-state index in [1.807, 2.05) is 48.5 Å². The molecule has 1 heterocycles. The summed E-state index contributed by atoms with van der Waals surface area (Å²) in [5, 5.41) is 4.01. The third kappa shape index (κ3) is 3.47. The molecule has 0 aliphatic rings. The lowest BCUT2D eigenvalue weighted by atomic mass is 10.3. The van der Waals surface area contributed by atoms with Gasteiger partial charge in [-0.2, -0.15) is 5.10 Å². The summed E-state index contributed by atoms with van der Waals surface area (Å²) in [6, 6.07) is 17.2. The third-order valence-electron chi connectivity index (χ3n) is 3.58. The van der Waals surface area contributed by atoms with Crippen LogP contribution in [0, 0.1) is 6.92 Å². The molecule has 1 N–H and O–H groups in total. The fourth-order valence-corrected chi connectivity index (χ4v) is 4.47. The van der Waals surface area contributed by atoms with Crippen LogP contribution >= 0.6 is 11.8 Å². The monoisotopic (exact) mass is 359 g/mol. The Bertz CT molecular complexity index is 951. The van der Waals surface area contributed by atoms with E-state index < -0.39 is 10.0 Å². The first-order valence-electron chi connectivity index (χ1n) is 7.31. The number of anilines is 1. The number of aromatic nitrogens is 2. The van der Waals surface area contributed by atoms with Gasteiger partial charge in [0.2, 0.25) is 0 Å². The average molecular weight is 359 g/mol. The molecule has 1 aromatic heterocycles. The van der Waals surface area contributed by atoms with Crippen molar-refractivity contribution in [2.75, 3.05) is 4.72 Å². The maximum absolute atomic E-state index is 12.7. The van der Waals surface area contributed by atoms with Crippen LogP contribution in [0.2, 0.25) is 0 Å². The standard InChI is InChI=1S/C17H17N3O2S2/c1-13-17(12-18-20(13)2)24(21,22)19-15-10-6-7-11-16(15)23-14-8-4-3-5-9-14/h3-12,19H,1-2H3. The molecule has 2 aromatic carbocycles. The number of para-hydroxylation sites is 1. The molecule has 0 aliphatic heterocycles. The number of nitrogens with zero attached hydrogens (tertiary/aromatic N) is 2. The SMILES string of the molecule is Cc1c(S(=O)(=O)Nc2ccccc2Sc2ccccc2)cnn1C. The van der Waals surface area contributed by atoms with E-state index in [-0.39, 0.29) is 4.90 Å². The number of hydrogen-bond donors (Lipinski definition) is 1. The maximum Gasteiger partial charge on any atom is 0.265 e. The average Bonchev–Trinajstić information content (AvgIpc) is 2.90. The summed E-state index contributed by atoms with van der Waals surface area (Å²) in [6.07, 6.45) is 1.37. The second-order valence-electron chi connectivity index (χ2n) is 5.23. The maximum atomic E-state index is 12.7. The van der Waals surface area contributed by atoms with E-state index in [2.05, 4.69) is 9.82 Å². The summed E-state index contributed by atoms with van der Waals surface area (Å²) < 4.78 is 29.5.